The van der Waals surface area contributed by atoms with Gasteiger partial charge in [-0.3, -0.25) is 4.79 Å². The molecule has 1 unspecified atom stereocenters. The predicted molar refractivity (Wildman–Crippen MR) is 68.2 cm³/mol. The van der Waals surface area contributed by atoms with Gasteiger partial charge in [0.15, 0.2) is 0 Å². The highest BCUT2D eigenvalue weighted by molar-refractivity contribution is 5.84. The van der Waals surface area contributed by atoms with E-state index in [1.165, 1.54) is 0 Å². The number of aliphatic hydroxyl groups excluding tert-OH is 1. The van der Waals surface area contributed by atoms with Crippen LogP contribution in [0, 0.1) is 6.92 Å². The molecule has 1 aliphatic rings. The fourth-order valence-corrected chi connectivity index (χ4v) is 2.25. The highest BCUT2D eigenvalue weighted by Crippen LogP contribution is 2.25. The number of primary amides is 1. The maximum absolute atomic E-state index is 11.4. The minimum Gasteiger partial charge on any atom is -0.392 e. The molecule has 0 spiro atoms. The van der Waals surface area contributed by atoms with Crippen molar-refractivity contribution < 1.29 is 14.6 Å². The topological polar surface area (TPSA) is 75.8 Å². The van der Waals surface area contributed by atoms with E-state index in [2.05, 4.69) is 0 Å². The van der Waals surface area contributed by atoms with E-state index in [0.717, 1.165) is 16.8 Å². The number of ether oxygens (including phenoxy) is 1. The SMILES string of the molecule is Cc1ccc(N2CCOCC2C(N)=O)c(CO)c1. The Morgan fingerprint density at radius 2 is 2.39 bits per heavy atom. The van der Waals surface area contributed by atoms with Crippen LogP contribution >= 0.6 is 0 Å². The molecule has 1 fully saturated rings. The minimum atomic E-state index is -0.466. The average molecular weight is 250 g/mol. The second-order valence-corrected chi connectivity index (χ2v) is 4.48. The molecule has 1 aromatic rings. The van der Waals surface area contributed by atoms with Crippen LogP contribution < -0.4 is 10.6 Å². The molecule has 98 valence electrons. The number of anilines is 1. The molecule has 0 bridgehead atoms. The van der Waals surface area contributed by atoms with E-state index in [1.807, 2.05) is 30.0 Å². The fraction of sp³-hybridized carbons (Fsp3) is 0.462. The van der Waals surface area contributed by atoms with Gasteiger partial charge in [0.25, 0.3) is 0 Å². The third kappa shape index (κ3) is 2.47. The fourth-order valence-electron chi connectivity index (χ4n) is 2.25. The van der Waals surface area contributed by atoms with Crippen molar-refractivity contribution in [3.63, 3.8) is 0 Å². The molecular weight excluding hydrogens is 232 g/mol. The molecule has 0 radical (unpaired) electrons. The lowest BCUT2D eigenvalue weighted by molar-refractivity contribution is -0.121. The van der Waals surface area contributed by atoms with E-state index in [9.17, 15) is 9.90 Å². The number of aryl methyl sites for hydroxylation is 1. The lowest BCUT2D eigenvalue weighted by Gasteiger charge is -2.36. The quantitative estimate of drug-likeness (QED) is 0.802. The Kier molecular flexibility index (Phi) is 3.84. The Hall–Kier alpha value is -1.59. The Balaban J connectivity index is 2.36. The summed E-state index contributed by atoms with van der Waals surface area (Å²) in [5.74, 6) is -0.404. The molecule has 1 aromatic carbocycles. The van der Waals surface area contributed by atoms with Crippen molar-refractivity contribution in [1.82, 2.24) is 0 Å². The minimum absolute atomic E-state index is 0.0557. The number of hydrogen-bond donors (Lipinski definition) is 2. The Morgan fingerprint density at radius 3 is 3.06 bits per heavy atom. The number of aliphatic hydroxyl groups is 1. The summed E-state index contributed by atoms with van der Waals surface area (Å²) in [6.07, 6.45) is 0. The molecule has 5 nitrogen and oxygen atoms in total. The molecule has 0 saturated carbocycles. The summed E-state index contributed by atoms with van der Waals surface area (Å²) in [5.41, 5.74) is 8.13. The van der Waals surface area contributed by atoms with Crippen LogP contribution in [0.4, 0.5) is 5.69 Å². The largest absolute Gasteiger partial charge is 0.392 e. The Labute approximate surface area is 106 Å². The van der Waals surface area contributed by atoms with Gasteiger partial charge in [-0.15, -0.1) is 0 Å². The Morgan fingerprint density at radius 1 is 1.61 bits per heavy atom. The lowest BCUT2D eigenvalue weighted by Crippen LogP contribution is -2.53. The number of morpholine rings is 1. The molecular formula is C13H18N2O3. The van der Waals surface area contributed by atoms with Gasteiger partial charge in [-0.1, -0.05) is 17.7 Å². The summed E-state index contributed by atoms with van der Waals surface area (Å²) >= 11 is 0. The van der Waals surface area contributed by atoms with E-state index >= 15 is 0 Å². The summed E-state index contributed by atoms with van der Waals surface area (Å²) in [7, 11) is 0. The van der Waals surface area contributed by atoms with Crippen LogP contribution in [-0.2, 0) is 16.1 Å². The molecule has 2 rings (SSSR count). The maximum Gasteiger partial charge on any atom is 0.242 e. The number of amides is 1. The molecule has 0 aliphatic carbocycles. The van der Waals surface area contributed by atoms with Gasteiger partial charge >= 0.3 is 0 Å². The number of carbonyl (C=O) groups excluding carboxylic acids is 1. The van der Waals surface area contributed by atoms with E-state index in [-0.39, 0.29) is 6.61 Å². The Bertz CT molecular complexity index is 448. The average Bonchev–Trinajstić information content (AvgIpc) is 2.38. The first-order valence-corrected chi connectivity index (χ1v) is 5.97. The maximum atomic E-state index is 11.4. The van der Waals surface area contributed by atoms with Crippen molar-refractivity contribution in [2.24, 2.45) is 5.73 Å². The van der Waals surface area contributed by atoms with Crippen molar-refractivity contribution in [2.75, 3.05) is 24.7 Å². The first-order valence-electron chi connectivity index (χ1n) is 5.97. The van der Waals surface area contributed by atoms with Crippen LogP contribution in [0.5, 0.6) is 0 Å². The van der Waals surface area contributed by atoms with Gasteiger partial charge in [-0.25, -0.2) is 0 Å². The highest BCUT2D eigenvalue weighted by Gasteiger charge is 2.28. The number of rotatable bonds is 3. The van der Waals surface area contributed by atoms with Gasteiger partial charge in [0.2, 0.25) is 5.91 Å². The normalized spacial score (nSPS) is 19.9. The zero-order valence-electron chi connectivity index (χ0n) is 10.4. The summed E-state index contributed by atoms with van der Waals surface area (Å²) in [6, 6.07) is 5.33. The second-order valence-electron chi connectivity index (χ2n) is 4.48. The third-order valence-corrected chi connectivity index (χ3v) is 3.17. The van der Waals surface area contributed by atoms with E-state index in [1.54, 1.807) is 0 Å². The van der Waals surface area contributed by atoms with Crippen molar-refractivity contribution in [2.45, 2.75) is 19.6 Å². The van der Waals surface area contributed by atoms with Gasteiger partial charge in [0, 0.05) is 17.8 Å². The summed E-state index contributed by atoms with van der Waals surface area (Å²) in [4.78, 5) is 13.4. The van der Waals surface area contributed by atoms with E-state index in [0.29, 0.717) is 19.8 Å². The lowest BCUT2D eigenvalue weighted by atomic mass is 10.1. The van der Waals surface area contributed by atoms with Gasteiger partial charge in [-0.2, -0.15) is 0 Å². The van der Waals surface area contributed by atoms with Crippen molar-refractivity contribution in [3.8, 4) is 0 Å². The standard InChI is InChI=1S/C13H18N2O3/c1-9-2-3-11(10(6-9)7-16)15-4-5-18-8-12(15)13(14)17/h2-3,6,12,16H,4-5,7-8H2,1H3,(H2,14,17). The molecule has 1 aliphatic heterocycles. The highest BCUT2D eigenvalue weighted by atomic mass is 16.5. The van der Waals surface area contributed by atoms with Crippen LogP contribution in [0.3, 0.4) is 0 Å². The van der Waals surface area contributed by atoms with Gasteiger partial charge < -0.3 is 20.5 Å². The van der Waals surface area contributed by atoms with Gasteiger partial charge in [-0.05, 0) is 13.0 Å². The molecule has 1 amide bonds. The van der Waals surface area contributed by atoms with Gasteiger partial charge in [0.05, 0.1) is 19.8 Å². The first-order chi connectivity index (χ1) is 8.63. The van der Waals surface area contributed by atoms with Crippen LogP contribution in [-0.4, -0.2) is 36.8 Å². The van der Waals surface area contributed by atoms with Crippen LogP contribution in [0.25, 0.3) is 0 Å². The van der Waals surface area contributed by atoms with Crippen LogP contribution in [0.2, 0.25) is 0 Å². The van der Waals surface area contributed by atoms with Crippen LogP contribution in [0.1, 0.15) is 11.1 Å². The molecule has 1 saturated heterocycles. The summed E-state index contributed by atoms with van der Waals surface area (Å²) in [6.45, 7) is 3.37. The molecule has 3 N–H and O–H groups in total. The van der Waals surface area contributed by atoms with E-state index in [4.69, 9.17) is 10.5 Å². The number of nitrogens with zero attached hydrogens (tertiary/aromatic N) is 1. The van der Waals surface area contributed by atoms with E-state index < -0.39 is 11.9 Å². The van der Waals surface area contributed by atoms with Crippen molar-refractivity contribution >= 4 is 11.6 Å². The molecule has 18 heavy (non-hydrogen) atoms. The second kappa shape index (κ2) is 5.37. The monoisotopic (exact) mass is 250 g/mol. The number of benzene rings is 1. The molecule has 1 atom stereocenters. The predicted octanol–water partition coefficient (Wildman–Crippen LogP) is 0.178. The third-order valence-electron chi connectivity index (χ3n) is 3.17. The first kappa shape index (κ1) is 12.9. The molecule has 0 aromatic heterocycles. The number of nitrogens with two attached hydrogens (primary N) is 1. The van der Waals surface area contributed by atoms with Crippen LogP contribution in [0.15, 0.2) is 18.2 Å². The zero-order valence-corrected chi connectivity index (χ0v) is 10.4. The zero-order chi connectivity index (χ0) is 13.1. The molecule has 1 heterocycles. The number of hydrogen-bond acceptors (Lipinski definition) is 4. The van der Waals surface area contributed by atoms with Crippen molar-refractivity contribution in [3.05, 3.63) is 29.3 Å². The van der Waals surface area contributed by atoms with Crippen molar-refractivity contribution in [1.29, 1.82) is 0 Å². The summed E-state index contributed by atoms with van der Waals surface area (Å²) in [5, 5.41) is 9.42. The van der Waals surface area contributed by atoms with Gasteiger partial charge in [0.1, 0.15) is 6.04 Å². The summed E-state index contributed by atoms with van der Waals surface area (Å²) < 4.78 is 5.29. The smallest absolute Gasteiger partial charge is 0.242 e. The molecule has 5 heteroatoms. The number of carbonyl (C=O) groups is 1.